The lowest BCUT2D eigenvalue weighted by atomic mass is 9.99. The van der Waals surface area contributed by atoms with Crippen molar-refractivity contribution in [1.82, 2.24) is 9.78 Å². The van der Waals surface area contributed by atoms with Crippen molar-refractivity contribution in [3.05, 3.63) is 40.0 Å². The highest BCUT2D eigenvalue weighted by Gasteiger charge is 2.29. The molecule has 2 heterocycles. The third kappa shape index (κ3) is 2.15. The first-order chi connectivity index (χ1) is 10.2. The van der Waals surface area contributed by atoms with Crippen molar-refractivity contribution in [2.24, 2.45) is 0 Å². The number of anilines is 1. The van der Waals surface area contributed by atoms with Gasteiger partial charge in [-0.2, -0.15) is 5.10 Å². The number of halogens is 1. The van der Waals surface area contributed by atoms with Crippen LogP contribution in [0.3, 0.4) is 0 Å². The summed E-state index contributed by atoms with van der Waals surface area (Å²) in [5.41, 5.74) is 5.08. The van der Waals surface area contributed by atoms with Crippen molar-refractivity contribution in [1.29, 1.82) is 0 Å². The van der Waals surface area contributed by atoms with Crippen LogP contribution in [0.2, 0.25) is 5.02 Å². The van der Waals surface area contributed by atoms with Gasteiger partial charge in [-0.25, -0.2) is 4.68 Å². The first-order valence-electron chi connectivity index (χ1n) is 7.86. The molecule has 21 heavy (non-hydrogen) atoms. The average Bonchev–Trinajstić information content (AvgIpc) is 3.15. The Labute approximate surface area is 130 Å². The van der Waals surface area contributed by atoms with E-state index >= 15 is 0 Å². The number of benzene rings is 1. The van der Waals surface area contributed by atoms with Crippen LogP contribution < -0.4 is 5.32 Å². The first-order valence-corrected chi connectivity index (χ1v) is 8.24. The lowest BCUT2D eigenvalue weighted by Crippen LogP contribution is -2.07. The van der Waals surface area contributed by atoms with Crippen molar-refractivity contribution < 1.29 is 0 Å². The molecule has 1 aromatic heterocycles. The van der Waals surface area contributed by atoms with Gasteiger partial charge in [0.15, 0.2) is 0 Å². The number of rotatable bonds is 2. The Morgan fingerprint density at radius 2 is 2.10 bits per heavy atom. The van der Waals surface area contributed by atoms with Crippen LogP contribution in [0.4, 0.5) is 5.82 Å². The largest absolute Gasteiger partial charge is 0.369 e. The van der Waals surface area contributed by atoms with Crippen molar-refractivity contribution in [3.63, 3.8) is 0 Å². The van der Waals surface area contributed by atoms with Crippen molar-refractivity contribution >= 4 is 17.4 Å². The zero-order valence-electron chi connectivity index (χ0n) is 12.3. The lowest BCUT2D eigenvalue weighted by molar-refractivity contribution is 0.670. The van der Waals surface area contributed by atoms with E-state index in [9.17, 15) is 0 Å². The van der Waals surface area contributed by atoms with Gasteiger partial charge >= 0.3 is 0 Å². The normalized spacial score (nSPS) is 18.0. The second-order valence-electron chi connectivity index (χ2n) is 6.21. The summed E-state index contributed by atoms with van der Waals surface area (Å²) in [4.78, 5) is 0. The molecule has 1 saturated carbocycles. The number of aromatic nitrogens is 2. The topological polar surface area (TPSA) is 29.9 Å². The number of nitrogens with zero attached hydrogens (tertiary/aromatic N) is 2. The Kier molecular flexibility index (Phi) is 3.18. The predicted molar refractivity (Wildman–Crippen MR) is 86.7 cm³/mol. The quantitative estimate of drug-likeness (QED) is 0.887. The molecule has 0 atom stereocenters. The van der Waals surface area contributed by atoms with E-state index in [0.29, 0.717) is 5.92 Å². The Balaban J connectivity index is 1.84. The fraction of sp³-hybridized carbons (Fsp3) is 0.471. The molecule has 4 heteroatoms. The van der Waals surface area contributed by atoms with Crippen LogP contribution in [0.5, 0.6) is 0 Å². The standard InChI is InChI=1S/C17H20ClN3/c1-11-10-13(18)6-7-15(11)21-17-14(8-9-19-17)16(20-21)12-4-2-3-5-12/h6-7,10,12,19H,2-5,8-9H2,1H3. The van der Waals surface area contributed by atoms with E-state index in [1.54, 1.807) is 0 Å². The van der Waals surface area contributed by atoms with Gasteiger partial charge in [0.2, 0.25) is 0 Å². The van der Waals surface area contributed by atoms with Crippen LogP contribution in [0, 0.1) is 6.92 Å². The van der Waals surface area contributed by atoms with Crippen molar-refractivity contribution in [3.8, 4) is 5.69 Å². The van der Waals surface area contributed by atoms with Crippen LogP contribution in [0.15, 0.2) is 18.2 Å². The van der Waals surface area contributed by atoms with E-state index in [2.05, 4.69) is 23.0 Å². The SMILES string of the molecule is Cc1cc(Cl)ccc1-n1nc(C2CCCC2)c2c1NCC2. The molecule has 110 valence electrons. The molecule has 0 bridgehead atoms. The lowest BCUT2D eigenvalue weighted by Gasteiger charge is -2.10. The van der Waals surface area contributed by atoms with Gasteiger partial charge in [-0.15, -0.1) is 0 Å². The Bertz CT molecular complexity index is 684. The minimum atomic E-state index is 0.660. The summed E-state index contributed by atoms with van der Waals surface area (Å²) in [5, 5.41) is 9.29. The summed E-state index contributed by atoms with van der Waals surface area (Å²) in [5.74, 6) is 1.86. The Morgan fingerprint density at radius 1 is 1.29 bits per heavy atom. The van der Waals surface area contributed by atoms with Crippen molar-refractivity contribution in [2.45, 2.75) is 44.9 Å². The third-order valence-electron chi connectivity index (χ3n) is 4.81. The van der Waals surface area contributed by atoms with Gasteiger partial charge in [-0.1, -0.05) is 24.4 Å². The molecule has 3 nitrogen and oxygen atoms in total. The summed E-state index contributed by atoms with van der Waals surface area (Å²) < 4.78 is 2.10. The van der Waals surface area contributed by atoms with Gasteiger partial charge in [0.1, 0.15) is 5.82 Å². The van der Waals surface area contributed by atoms with E-state index in [-0.39, 0.29) is 0 Å². The van der Waals surface area contributed by atoms with Crippen molar-refractivity contribution in [2.75, 3.05) is 11.9 Å². The number of nitrogens with one attached hydrogen (secondary N) is 1. The third-order valence-corrected chi connectivity index (χ3v) is 5.05. The minimum Gasteiger partial charge on any atom is -0.369 e. The molecule has 1 fully saturated rings. The van der Waals surface area contributed by atoms with Crippen LogP contribution in [-0.2, 0) is 6.42 Å². The van der Waals surface area contributed by atoms with Gasteiger partial charge < -0.3 is 5.32 Å². The summed E-state index contributed by atoms with van der Waals surface area (Å²) in [7, 11) is 0. The molecule has 1 aromatic carbocycles. The van der Waals surface area contributed by atoms with Crippen LogP contribution in [0.25, 0.3) is 5.69 Å². The van der Waals surface area contributed by atoms with E-state index < -0.39 is 0 Å². The molecule has 2 aromatic rings. The van der Waals surface area contributed by atoms with Gasteiger partial charge in [0.25, 0.3) is 0 Å². The Hall–Kier alpha value is -1.48. The molecule has 0 amide bonds. The molecular weight excluding hydrogens is 282 g/mol. The highest BCUT2D eigenvalue weighted by Crippen LogP contribution is 2.40. The summed E-state index contributed by atoms with van der Waals surface area (Å²) in [6, 6.07) is 6.03. The highest BCUT2D eigenvalue weighted by atomic mass is 35.5. The number of fused-ring (bicyclic) bond motifs is 1. The van der Waals surface area contributed by atoms with E-state index in [4.69, 9.17) is 16.7 Å². The summed E-state index contributed by atoms with van der Waals surface area (Å²) in [6.07, 6.45) is 6.39. The second-order valence-corrected chi connectivity index (χ2v) is 6.65. The molecule has 4 rings (SSSR count). The number of hydrogen-bond acceptors (Lipinski definition) is 2. The fourth-order valence-electron chi connectivity index (χ4n) is 3.76. The van der Waals surface area contributed by atoms with E-state index in [1.165, 1.54) is 48.3 Å². The maximum atomic E-state index is 6.09. The Morgan fingerprint density at radius 3 is 2.86 bits per heavy atom. The first kappa shape index (κ1) is 13.2. The summed E-state index contributed by atoms with van der Waals surface area (Å²) in [6.45, 7) is 3.12. The number of hydrogen-bond donors (Lipinski definition) is 1. The van der Waals surface area contributed by atoms with Gasteiger partial charge in [-0.05, 0) is 49.9 Å². The van der Waals surface area contributed by atoms with Gasteiger partial charge in [-0.3, -0.25) is 0 Å². The zero-order valence-corrected chi connectivity index (χ0v) is 13.1. The molecule has 1 aliphatic carbocycles. The van der Waals surface area contributed by atoms with Crippen LogP contribution in [-0.4, -0.2) is 16.3 Å². The zero-order chi connectivity index (χ0) is 14.4. The van der Waals surface area contributed by atoms with Gasteiger partial charge in [0.05, 0.1) is 11.4 Å². The molecule has 2 aliphatic rings. The van der Waals surface area contributed by atoms with Gasteiger partial charge in [0, 0.05) is 23.0 Å². The van der Waals surface area contributed by atoms with Crippen LogP contribution >= 0.6 is 11.6 Å². The predicted octanol–water partition coefficient (Wildman–Crippen LogP) is 4.46. The monoisotopic (exact) mass is 301 g/mol. The molecule has 0 saturated heterocycles. The molecule has 0 spiro atoms. The van der Waals surface area contributed by atoms with E-state index in [1.807, 2.05) is 12.1 Å². The van der Waals surface area contributed by atoms with E-state index in [0.717, 1.165) is 23.7 Å². The maximum absolute atomic E-state index is 6.09. The fourth-order valence-corrected chi connectivity index (χ4v) is 3.99. The molecule has 1 aliphatic heterocycles. The number of aryl methyl sites for hydroxylation is 1. The summed E-state index contributed by atoms with van der Waals surface area (Å²) >= 11 is 6.09. The molecule has 1 N–H and O–H groups in total. The van der Waals surface area contributed by atoms with Crippen LogP contribution in [0.1, 0.15) is 48.4 Å². The molecule has 0 unspecified atom stereocenters. The minimum absolute atomic E-state index is 0.660. The molecule has 0 radical (unpaired) electrons. The maximum Gasteiger partial charge on any atom is 0.133 e. The second kappa shape index (κ2) is 5.06. The average molecular weight is 302 g/mol. The molecular formula is C17H20ClN3. The highest BCUT2D eigenvalue weighted by molar-refractivity contribution is 6.30. The smallest absolute Gasteiger partial charge is 0.133 e.